The van der Waals surface area contributed by atoms with Crippen LogP contribution in [-0.4, -0.2) is 0 Å². The molecule has 0 fully saturated rings. The van der Waals surface area contributed by atoms with E-state index in [-0.39, 0.29) is 63.4 Å². The number of halogens is 3. The molecule has 68 valence electrons. The van der Waals surface area contributed by atoms with Crippen LogP contribution < -0.4 is 37.2 Å². The molecule has 0 bridgehead atoms. The maximum atomic E-state index is 3.19. The number of hydrogen-bond acceptors (Lipinski definition) is 0. The minimum atomic E-state index is 0. The third-order valence-corrected chi connectivity index (χ3v) is 2.41. The van der Waals surface area contributed by atoms with Crippen LogP contribution in [0.4, 0.5) is 0 Å². The Morgan fingerprint density at radius 3 is 2.23 bits per heavy atom. The van der Waals surface area contributed by atoms with Crippen LogP contribution in [-0.2, 0) is 26.2 Å². The molecule has 1 aromatic carbocycles. The van der Waals surface area contributed by atoms with Gasteiger partial charge in [0.1, 0.15) is 0 Å². The van der Waals surface area contributed by atoms with E-state index < -0.39 is 0 Å². The Balaban J connectivity index is -0.000000250. The second kappa shape index (κ2) is 9.56. The van der Waals surface area contributed by atoms with Gasteiger partial charge >= 0.3 is 26.2 Å². The average molecular weight is 331 g/mol. The Bertz CT molecular complexity index is 293. The van der Waals surface area contributed by atoms with Gasteiger partial charge in [-0.25, -0.2) is 0 Å². The third kappa shape index (κ3) is 4.86. The first-order chi connectivity index (χ1) is 4.47. The van der Waals surface area contributed by atoms with Gasteiger partial charge in [0, 0.05) is 0 Å². The molecule has 1 unspecified atom stereocenters. The van der Waals surface area contributed by atoms with Crippen LogP contribution >= 0.6 is 8.19 Å². The summed E-state index contributed by atoms with van der Waals surface area (Å²) in [4.78, 5) is 0. The third-order valence-electron chi connectivity index (χ3n) is 1.40. The fraction of sp³-hybridized carbons (Fsp3) is 0. The first kappa shape index (κ1) is 19.6. The molecule has 2 aromatic rings. The molecule has 0 amide bonds. The van der Waals surface area contributed by atoms with Crippen LogP contribution in [0.15, 0.2) is 30.3 Å². The van der Waals surface area contributed by atoms with Crippen molar-refractivity contribution in [3.8, 4) is 0 Å². The monoisotopic (exact) mass is 328 g/mol. The van der Waals surface area contributed by atoms with Gasteiger partial charge in [0.2, 0.25) is 0 Å². The summed E-state index contributed by atoms with van der Waals surface area (Å²) in [5.41, 5.74) is 0. The van der Waals surface area contributed by atoms with Crippen molar-refractivity contribution in [1.29, 1.82) is 0 Å². The Morgan fingerprint density at radius 1 is 1.00 bits per heavy atom. The summed E-state index contributed by atoms with van der Waals surface area (Å²) in [6.45, 7) is 0. The summed E-state index contributed by atoms with van der Waals surface area (Å²) >= 11 is 0. The van der Waals surface area contributed by atoms with E-state index >= 15 is 0 Å². The Labute approximate surface area is 117 Å². The first-order valence-corrected chi connectivity index (χ1v) is 3.90. The summed E-state index contributed by atoms with van der Waals surface area (Å²) in [5.74, 6) is 3.19. The zero-order chi connectivity index (χ0) is 6.10. The standard InChI is InChI=1S/C8H6P.3ClH.Zr/c1-2-4-8-7(3-1)5-6-9-8;;;;/h1-5,9H;3*1H;/q-1;;;;+4/p-3. The molecular formula is C8H6Cl3PZr. The zero-order valence-electron chi connectivity index (χ0n) is 6.52. The van der Waals surface area contributed by atoms with Gasteiger partial charge in [0.15, 0.2) is 0 Å². The Kier molecular flexibility index (Phi) is 14.4. The predicted octanol–water partition coefficient (Wildman–Crippen LogP) is -6.32. The van der Waals surface area contributed by atoms with Crippen LogP contribution in [0.5, 0.6) is 0 Å². The van der Waals surface area contributed by atoms with Crippen molar-refractivity contribution in [2.75, 3.05) is 0 Å². The van der Waals surface area contributed by atoms with Crippen LogP contribution in [0, 0.1) is 5.80 Å². The number of fused-ring (bicyclic) bond motifs is 1. The van der Waals surface area contributed by atoms with Gasteiger partial charge in [-0.3, -0.25) is 8.19 Å². The van der Waals surface area contributed by atoms with Crippen molar-refractivity contribution in [3.05, 3.63) is 36.1 Å². The van der Waals surface area contributed by atoms with Gasteiger partial charge in [0.25, 0.3) is 0 Å². The molecule has 0 aliphatic rings. The number of hydrogen-bond donors (Lipinski definition) is 0. The van der Waals surface area contributed by atoms with E-state index in [1.54, 1.807) is 0 Å². The normalized spacial score (nSPS) is 7.69. The van der Waals surface area contributed by atoms with Crippen molar-refractivity contribution in [2.24, 2.45) is 0 Å². The molecule has 0 saturated carbocycles. The van der Waals surface area contributed by atoms with Crippen molar-refractivity contribution in [1.82, 2.24) is 0 Å². The fourth-order valence-corrected chi connectivity index (χ4v) is 1.79. The molecule has 13 heavy (non-hydrogen) atoms. The molecule has 1 atom stereocenters. The van der Waals surface area contributed by atoms with E-state index in [0.29, 0.717) is 0 Å². The van der Waals surface area contributed by atoms with Crippen LogP contribution in [0.25, 0.3) is 10.5 Å². The van der Waals surface area contributed by atoms with Crippen molar-refractivity contribution in [2.45, 2.75) is 0 Å². The molecule has 0 nitrogen and oxygen atoms in total. The Hall–Kier alpha value is 1.01. The van der Waals surface area contributed by atoms with Gasteiger partial charge < -0.3 is 37.2 Å². The van der Waals surface area contributed by atoms with Crippen molar-refractivity contribution in [3.63, 3.8) is 0 Å². The minimum Gasteiger partial charge on any atom is -1.00 e. The van der Waals surface area contributed by atoms with E-state index in [1.807, 2.05) is 0 Å². The fourth-order valence-electron chi connectivity index (χ4n) is 0.928. The van der Waals surface area contributed by atoms with Crippen molar-refractivity contribution < 1.29 is 63.4 Å². The minimum absolute atomic E-state index is 0. The molecule has 0 aliphatic carbocycles. The first-order valence-electron chi connectivity index (χ1n) is 2.90. The quantitative estimate of drug-likeness (QED) is 0.422. The summed E-state index contributed by atoms with van der Waals surface area (Å²) in [7, 11) is 0.774. The maximum absolute atomic E-state index is 3.19. The number of rotatable bonds is 0. The van der Waals surface area contributed by atoms with Crippen LogP contribution in [0.3, 0.4) is 0 Å². The molecule has 0 radical (unpaired) electrons. The molecule has 1 aromatic heterocycles. The van der Waals surface area contributed by atoms with E-state index in [2.05, 4.69) is 36.1 Å². The summed E-state index contributed by atoms with van der Waals surface area (Å²) in [5, 5.41) is 2.77. The van der Waals surface area contributed by atoms with E-state index in [1.165, 1.54) is 10.5 Å². The molecule has 0 spiro atoms. The molecule has 0 aliphatic heterocycles. The van der Waals surface area contributed by atoms with E-state index in [4.69, 9.17) is 0 Å². The van der Waals surface area contributed by atoms with Gasteiger partial charge in [-0.05, 0) is 0 Å². The van der Waals surface area contributed by atoms with E-state index in [0.717, 1.165) is 8.19 Å². The molecule has 5 heteroatoms. The molecule has 0 saturated heterocycles. The van der Waals surface area contributed by atoms with Gasteiger partial charge in [-0.2, -0.15) is 22.4 Å². The van der Waals surface area contributed by atoms with Crippen LogP contribution in [0.2, 0.25) is 0 Å². The van der Waals surface area contributed by atoms with E-state index in [9.17, 15) is 0 Å². The zero-order valence-corrected chi connectivity index (χ0v) is 12.2. The second-order valence-corrected chi connectivity index (χ2v) is 3.08. The smallest absolute Gasteiger partial charge is 1.00 e. The molecule has 0 N–H and O–H groups in total. The maximum Gasteiger partial charge on any atom is 4.00 e. The topological polar surface area (TPSA) is 0 Å². The SMILES string of the molecule is [Cl-].[Cl-].[Cl-].[Zr+4].[c-]1cc2ccccc2[pH]1. The van der Waals surface area contributed by atoms with Crippen LogP contribution in [0.1, 0.15) is 0 Å². The average Bonchev–Trinajstić information content (AvgIpc) is 2.33. The van der Waals surface area contributed by atoms with Gasteiger partial charge in [0.05, 0.1) is 0 Å². The van der Waals surface area contributed by atoms with Gasteiger partial charge in [-0.1, -0.05) is 12.1 Å². The largest absolute Gasteiger partial charge is 4.00 e. The summed E-state index contributed by atoms with van der Waals surface area (Å²) in [6, 6.07) is 10.5. The molecule has 1 heterocycles. The Morgan fingerprint density at radius 2 is 1.62 bits per heavy atom. The van der Waals surface area contributed by atoms with Crippen molar-refractivity contribution >= 4 is 18.7 Å². The number of benzene rings is 1. The van der Waals surface area contributed by atoms with Gasteiger partial charge in [-0.15, -0.1) is 12.1 Å². The predicted molar refractivity (Wildman–Crippen MR) is 42.3 cm³/mol. The molecular weight excluding hydrogens is 325 g/mol. The second-order valence-electron chi connectivity index (χ2n) is 2.00. The molecule has 2 rings (SSSR count). The summed E-state index contributed by atoms with van der Waals surface area (Å²) in [6.07, 6.45) is 0. The summed E-state index contributed by atoms with van der Waals surface area (Å²) < 4.78 is 0.